The number of unbranched alkanes of at least 4 members (excludes halogenated alkanes) is 3. The fourth-order valence-corrected chi connectivity index (χ4v) is 16.9. The largest absolute Gasteiger partial charge is 0.493 e. The number of allylic oxidation sites excluding steroid dienone is 1. The molecule has 15 atom stereocenters. The van der Waals surface area contributed by atoms with Crippen LogP contribution >= 0.6 is 23.5 Å². The molecule has 0 radical (unpaired) electrons. The average Bonchev–Trinajstić information content (AvgIpc) is 1.64. The number of aliphatic hydroxyl groups is 1. The molecule has 123 heavy (non-hydrogen) atoms. The van der Waals surface area contributed by atoms with Crippen LogP contribution in [0, 0.1) is 23.7 Å². The van der Waals surface area contributed by atoms with Gasteiger partial charge in [-0.3, -0.25) is 77.2 Å². The number of benzene rings is 2. The first-order valence-corrected chi connectivity index (χ1v) is 43.6. The van der Waals surface area contributed by atoms with Gasteiger partial charge in [0, 0.05) is 86.0 Å². The van der Waals surface area contributed by atoms with E-state index in [4.69, 9.17) is 80.0 Å². The zero-order valence-electron chi connectivity index (χ0n) is 69.4. The van der Waals surface area contributed by atoms with E-state index in [1.54, 1.807) is 36.7 Å². The number of likely N-dealkylation sites (tertiary alicyclic amines) is 1. The van der Waals surface area contributed by atoms with Gasteiger partial charge < -0.3 is 133 Å². The number of fused-ring (bicyclic) bond motifs is 4. The van der Waals surface area contributed by atoms with Gasteiger partial charge in [0.25, 0.3) is 0 Å². The summed E-state index contributed by atoms with van der Waals surface area (Å²) in [4.78, 5) is 194. The molecule has 676 valence electrons. The van der Waals surface area contributed by atoms with Crippen LogP contribution in [0.2, 0.25) is 0 Å². The van der Waals surface area contributed by atoms with Gasteiger partial charge in [-0.2, -0.15) is 11.8 Å². The van der Waals surface area contributed by atoms with Crippen LogP contribution in [0.25, 0.3) is 10.9 Å². The summed E-state index contributed by atoms with van der Waals surface area (Å²) >= 11 is 2.28. The Kier molecular flexibility index (Phi) is 38.6. The molecule has 28 N–H and O–H groups in total. The maximum Gasteiger partial charge on any atom is 0.313 e. The highest BCUT2D eigenvalue weighted by molar-refractivity contribution is 8.00. The van der Waals surface area contributed by atoms with Gasteiger partial charge >= 0.3 is 11.9 Å². The smallest absolute Gasteiger partial charge is 0.313 e. The molecule has 0 spiro atoms. The summed E-state index contributed by atoms with van der Waals surface area (Å²) in [6, 6.07) is 0.0521. The Bertz CT molecular complexity index is 4310. The molecule has 3 saturated heterocycles. The number of aromatic amines is 1. The minimum absolute atomic E-state index is 0.000878. The zero-order valence-corrected chi connectivity index (χ0v) is 71.1. The molecule has 43 heteroatoms. The number of carbonyl (C=O) groups is 13. The number of methoxy groups -OCH3 is 2. The molecular formula is C80H119N21O20S2. The Morgan fingerprint density at radius 3 is 1.66 bits per heavy atom. The van der Waals surface area contributed by atoms with Crippen LogP contribution in [0.3, 0.4) is 0 Å². The van der Waals surface area contributed by atoms with Gasteiger partial charge in [-0.25, -0.2) is 0 Å². The summed E-state index contributed by atoms with van der Waals surface area (Å²) in [6.07, 6.45) is 7.89. The molecule has 1 saturated carbocycles. The number of hydrogen-bond donors (Lipinski definition) is 19. The number of H-pyrrole nitrogens is 1. The molecule has 3 aliphatic heterocycles. The molecule has 0 bridgehead atoms. The molecule has 2 aliphatic carbocycles. The Balaban J connectivity index is 0.877. The predicted molar refractivity (Wildman–Crippen MR) is 456 cm³/mol. The van der Waals surface area contributed by atoms with E-state index < -0.39 is 179 Å². The van der Waals surface area contributed by atoms with Crippen molar-refractivity contribution in [1.29, 1.82) is 0 Å². The molecule has 5 aliphatic rings. The van der Waals surface area contributed by atoms with Gasteiger partial charge in [-0.15, -0.1) is 11.8 Å². The maximum absolute atomic E-state index is 14.9. The molecule has 3 aromatic rings. The van der Waals surface area contributed by atoms with Crippen molar-refractivity contribution >= 4 is 123 Å². The van der Waals surface area contributed by atoms with Crippen molar-refractivity contribution in [2.75, 3.05) is 91.2 Å². The van der Waals surface area contributed by atoms with E-state index >= 15 is 0 Å². The first-order chi connectivity index (χ1) is 59.0. The number of aliphatic hydroxyl groups excluding tert-OH is 1. The minimum Gasteiger partial charge on any atom is -0.493 e. The summed E-state index contributed by atoms with van der Waals surface area (Å²) in [5.74, 6) is -11.8. The van der Waals surface area contributed by atoms with E-state index in [2.05, 4.69) is 57.5 Å². The number of cyclic esters (lactones) is 1. The van der Waals surface area contributed by atoms with Gasteiger partial charge in [0.1, 0.15) is 42.3 Å². The summed E-state index contributed by atoms with van der Waals surface area (Å²) in [5.41, 5.74) is 53.8. The van der Waals surface area contributed by atoms with Crippen LogP contribution in [0.4, 0.5) is 0 Å². The number of thioether (sulfide) groups is 2. The van der Waals surface area contributed by atoms with Crippen molar-refractivity contribution in [3.8, 4) is 17.2 Å². The summed E-state index contributed by atoms with van der Waals surface area (Å²) in [7, 11) is 2.70. The van der Waals surface area contributed by atoms with Crippen LogP contribution in [0.1, 0.15) is 126 Å². The van der Waals surface area contributed by atoms with Crippen molar-refractivity contribution in [1.82, 2.24) is 52.4 Å². The van der Waals surface area contributed by atoms with Crippen LogP contribution in [0.5, 0.6) is 17.2 Å². The number of para-hydroxylation sites is 1. The maximum atomic E-state index is 14.9. The first-order valence-electron chi connectivity index (χ1n) is 41.2. The van der Waals surface area contributed by atoms with E-state index in [0.717, 1.165) is 27.6 Å². The number of nitrogens with one attached hydrogen (secondary N) is 9. The van der Waals surface area contributed by atoms with Crippen LogP contribution < -0.4 is 108 Å². The summed E-state index contributed by atoms with van der Waals surface area (Å²) in [5, 5.41) is 33.1. The lowest BCUT2D eigenvalue weighted by atomic mass is 9.58. The Labute approximate surface area is 720 Å². The zero-order chi connectivity index (χ0) is 89.4. The van der Waals surface area contributed by atoms with E-state index in [0.29, 0.717) is 73.5 Å². The number of primary amides is 1. The van der Waals surface area contributed by atoms with Crippen LogP contribution in [0.15, 0.2) is 76.3 Å². The number of carbonyl (C=O) groups excluding carboxylic acids is 13. The number of imide groups is 1. The topological polar surface area (TPSA) is 672 Å². The lowest BCUT2D eigenvalue weighted by molar-refractivity contribution is -0.143. The molecule has 11 amide bonds. The minimum atomic E-state index is -1.43. The number of aliphatic imine (C=N–C) groups is 2. The second-order valence-corrected chi connectivity index (χ2v) is 32.7. The van der Waals surface area contributed by atoms with Gasteiger partial charge in [0.05, 0.1) is 50.6 Å². The summed E-state index contributed by atoms with van der Waals surface area (Å²) in [6.45, 7) is 0.199. The number of nitrogens with zero attached hydrogens (tertiary/aromatic N) is 3. The third kappa shape index (κ3) is 28.0. The number of nitrogens with two attached hydrogens (primary N) is 9. The van der Waals surface area contributed by atoms with Crippen molar-refractivity contribution in [2.45, 2.75) is 181 Å². The van der Waals surface area contributed by atoms with Crippen molar-refractivity contribution in [2.24, 2.45) is 85.3 Å². The van der Waals surface area contributed by atoms with E-state index in [9.17, 15) is 67.4 Å². The normalized spacial score (nSPS) is 20.0. The Morgan fingerprint density at radius 2 is 1.12 bits per heavy atom. The lowest BCUT2D eigenvalue weighted by Gasteiger charge is -2.45. The average molecular weight is 1760 g/mol. The summed E-state index contributed by atoms with van der Waals surface area (Å²) < 4.78 is 34.0. The van der Waals surface area contributed by atoms with Crippen molar-refractivity contribution in [3.63, 3.8) is 0 Å². The van der Waals surface area contributed by atoms with Gasteiger partial charge in [-0.1, -0.05) is 18.2 Å². The fourth-order valence-electron chi connectivity index (χ4n) is 15.3. The third-order valence-electron chi connectivity index (χ3n) is 21.8. The third-order valence-corrected chi connectivity index (χ3v) is 23.8. The van der Waals surface area contributed by atoms with Gasteiger partial charge in [0.15, 0.2) is 34.9 Å². The fraction of sp³-hybridized carbons (Fsp3) is 0.588. The number of aromatic nitrogens is 1. The number of amides is 11. The first kappa shape index (κ1) is 97.5. The standard InChI is InChI=1S/C80H119N21O20S2/c1-116-59-33-42(65-45-35-57-58(120-41-119-57)36-46(45)67(105)47-39-118-78(115)66(47)65)34-60(117-2)68(59)121-64(104)22-30-101-63(103)37-61(77(101)114)123-40-48(84)70(107)90-29-21-62(102)94-51(19-12-27-91-79(86)87)71(108)97-54(20-13-28-92-80(88)89)73(110)99-55(23-31-122-3)75(112)96-53(18-8-11-26-83)74(111)100-56(32-43-38-93-49-15-5-4-14-44(43)49)76(113)98-52(17-7-10-25-82)72(109)95-50(69(85)106)16-6-9-24-81/h4-5,14-15,33-36,38,45-48,50-56,61,65-67,93,105H,6-13,16-32,37,39-41,81-84H2,1-3H3,(H2,85,106)(H,90,107)(H,94,102)(H,95,109)(H,96,112)(H,97,108)(H,98,113)(H,99,110)(H,100,111)(H4,86,87,91)(H4,88,89,92)/t45?,46?,47-,48-,50-,51-,52-,53-,54-,55-,56-,61?,65+,66-,67+/m0/s1. The quantitative estimate of drug-likeness (QED) is 0.00661. The number of guanidine groups is 2. The second-order valence-electron chi connectivity index (χ2n) is 30.5. The predicted octanol–water partition coefficient (Wildman–Crippen LogP) is -3.19. The molecular weight excluding hydrogens is 1640 g/mol. The van der Waals surface area contributed by atoms with Gasteiger partial charge in [-0.05, 0) is 169 Å². The molecule has 41 nitrogen and oxygen atoms in total. The van der Waals surface area contributed by atoms with Crippen molar-refractivity contribution in [3.05, 3.63) is 77.4 Å². The Morgan fingerprint density at radius 1 is 0.618 bits per heavy atom. The molecule has 3 unspecified atom stereocenters. The number of hydrogen-bond acceptors (Lipinski definition) is 28. The molecule has 4 fully saturated rings. The van der Waals surface area contributed by atoms with Crippen LogP contribution in [-0.2, 0) is 83.0 Å². The molecule has 4 heterocycles. The van der Waals surface area contributed by atoms with E-state index in [1.807, 2.05) is 24.3 Å². The second kappa shape index (κ2) is 48.7. The Hall–Kier alpha value is -11.0. The highest BCUT2D eigenvalue weighted by atomic mass is 32.2. The molecule has 2 aromatic carbocycles. The van der Waals surface area contributed by atoms with E-state index in [-0.39, 0.29) is 152 Å². The number of ether oxygens (including phenoxy) is 6. The van der Waals surface area contributed by atoms with E-state index in [1.165, 1.54) is 26.0 Å². The highest BCUT2D eigenvalue weighted by Gasteiger charge is 2.58. The molecule has 8 rings (SSSR count). The highest BCUT2D eigenvalue weighted by Crippen LogP contribution is 2.56. The van der Waals surface area contributed by atoms with Crippen LogP contribution in [-0.4, -0.2) is 255 Å². The van der Waals surface area contributed by atoms with Crippen molar-refractivity contribution < 1.29 is 95.9 Å². The molecule has 1 aromatic heterocycles. The van der Waals surface area contributed by atoms with Gasteiger partial charge in [0.2, 0.25) is 77.5 Å². The monoisotopic (exact) mass is 1760 g/mol. The lowest BCUT2D eigenvalue weighted by Crippen LogP contribution is -2.60. The number of esters is 2. The SMILES string of the molecule is COc1cc([C@@H]2C3C=C4OCOC4=CC3[C@@H](O)[C@H]3COC(=O)[C@@H]32)cc(OC)c1OC(=O)CCN1C(=O)CC(SC[C@H](N)C(=O)NCCC(=O)N[C@@H](CCCN=C(N)N)C(=O)N[C@@H](CCCN=C(N)N)C(=O)N[C@@H](CCSC)C(=O)N[C@@H](CCCCN)C(=O)N[C@@H](Cc2c[nH]c3ccccc23)C(=O)N[C@@H](CCCCN)C(=O)N[C@@H](CCCCN)C(N)=O)C1=O. The number of rotatable bonds is 53.